The Labute approximate surface area is 258 Å². The molecule has 1 aliphatic rings. The molecule has 0 saturated carbocycles. The highest BCUT2D eigenvalue weighted by molar-refractivity contribution is 7.93. The number of hydrogen-bond acceptors (Lipinski definition) is 4. The van der Waals surface area contributed by atoms with Crippen molar-refractivity contribution in [2.75, 3.05) is 17.4 Å². The van der Waals surface area contributed by atoms with Crippen molar-refractivity contribution in [3.63, 3.8) is 0 Å². The van der Waals surface area contributed by atoms with Gasteiger partial charge in [-0.15, -0.1) is 0 Å². The molecule has 0 unspecified atom stereocenters. The molecule has 0 aromatic heterocycles. The number of sulfonamides is 1. The number of halogens is 1. The predicted octanol–water partition coefficient (Wildman–Crippen LogP) is 6.19. The average molecular weight is 618 g/mol. The minimum absolute atomic E-state index is 0.0611. The van der Waals surface area contributed by atoms with Gasteiger partial charge in [-0.05, 0) is 47.1 Å². The van der Waals surface area contributed by atoms with Gasteiger partial charge < -0.3 is 10.2 Å². The fourth-order valence-electron chi connectivity index (χ4n) is 5.50. The lowest BCUT2D eigenvalue weighted by atomic mass is 10.0. The number of amides is 2. The smallest absolute Gasteiger partial charge is 0.265 e. The van der Waals surface area contributed by atoms with Crippen molar-refractivity contribution < 1.29 is 18.0 Å². The van der Waals surface area contributed by atoms with Gasteiger partial charge in [-0.2, -0.15) is 0 Å². The molecule has 1 atom stereocenters. The first-order chi connectivity index (χ1) is 20.7. The molecule has 4 aromatic carbocycles. The summed E-state index contributed by atoms with van der Waals surface area (Å²) < 4.78 is 28.3. The van der Waals surface area contributed by atoms with Crippen LogP contribution in [0.15, 0.2) is 95.9 Å². The van der Waals surface area contributed by atoms with E-state index >= 15 is 0 Å². The SMILES string of the molecule is CC(C)CNC(=O)[C@@H](Cc1ccccc1)N(Cc1ccccc1Cl)C(=O)CCCN1c2cccc3cccc(c23)S1(=O)=O. The van der Waals surface area contributed by atoms with Crippen molar-refractivity contribution in [3.05, 3.63) is 107 Å². The number of nitrogens with zero attached hydrogens (tertiary/aromatic N) is 2. The Hall–Kier alpha value is -3.88. The maximum Gasteiger partial charge on any atom is 0.265 e. The molecule has 0 aliphatic carbocycles. The van der Waals surface area contributed by atoms with Crippen LogP contribution in [-0.2, 0) is 32.6 Å². The monoisotopic (exact) mass is 617 g/mol. The summed E-state index contributed by atoms with van der Waals surface area (Å²) in [5, 5.41) is 5.10. The molecule has 1 aliphatic heterocycles. The minimum Gasteiger partial charge on any atom is -0.354 e. The summed E-state index contributed by atoms with van der Waals surface area (Å²) in [7, 11) is -3.73. The third-order valence-corrected chi connectivity index (χ3v) is 9.91. The van der Waals surface area contributed by atoms with Crippen LogP contribution < -0.4 is 9.62 Å². The van der Waals surface area contributed by atoms with Crippen LogP contribution in [0.25, 0.3) is 10.8 Å². The van der Waals surface area contributed by atoms with Crippen molar-refractivity contribution in [2.45, 2.75) is 50.6 Å². The fourth-order valence-corrected chi connectivity index (χ4v) is 7.45. The molecular formula is C34H36ClN3O4S. The van der Waals surface area contributed by atoms with Crippen molar-refractivity contribution in [2.24, 2.45) is 5.92 Å². The van der Waals surface area contributed by atoms with Crippen molar-refractivity contribution >= 4 is 49.9 Å². The average Bonchev–Trinajstić information content (AvgIpc) is 3.22. The van der Waals surface area contributed by atoms with Gasteiger partial charge in [-0.1, -0.05) is 98.2 Å². The van der Waals surface area contributed by atoms with E-state index in [0.717, 1.165) is 16.5 Å². The lowest BCUT2D eigenvalue weighted by molar-refractivity contribution is -0.141. The molecule has 5 rings (SSSR count). The highest BCUT2D eigenvalue weighted by Crippen LogP contribution is 2.42. The van der Waals surface area contributed by atoms with E-state index < -0.39 is 16.1 Å². The second-order valence-corrected chi connectivity index (χ2v) is 13.5. The zero-order chi connectivity index (χ0) is 30.6. The van der Waals surface area contributed by atoms with Crippen LogP contribution in [0, 0.1) is 5.92 Å². The largest absolute Gasteiger partial charge is 0.354 e. The summed E-state index contributed by atoms with van der Waals surface area (Å²) in [5.41, 5.74) is 2.29. The molecule has 7 nitrogen and oxygen atoms in total. The van der Waals surface area contributed by atoms with E-state index in [1.54, 1.807) is 29.2 Å². The van der Waals surface area contributed by atoms with Gasteiger partial charge in [0.2, 0.25) is 11.8 Å². The fraction of sp³-hybridized carbons (Fsp3) is 0.294. The summed E-state index contributed by atoms with van der Waals surface area (Å²) in [6, 6.07) is 26.9. The third-order valence-electron chi connectivity index (χ3n) is 7.69. The topological polar surface area (TPSA) is 86.8 Å². The first kappa shape index (κ1) is 30.6. The van der Waals surface area contributed by atoms with E-state index in [0.29, 0.717) is 29.1 Å². The first-order valence-corrected chi connectivity index (χ1v) is 16.4. The zero-order valence-corrected chi connectivity index (χ0v) is 25.9. The van der Waals surface area contributed by atoms with Gasteiger partial charge in [0.1, 0.15) is 6.04 Å². The zero-order valence-electron chi connectivity index (χ0n) is 24.4. The van der Waals surface area contributed by atoms with Gasteiger partial charge in [0.05, 0.1) is 10.6 Å². The number of anilines is 1. The highest BCUT2D eigenvalue weighted by Gasteiger charge is 2.36. The Morgan fingerprint density at radius 3 is 2.33 bits per heavy atom. The molecule has 0 bridgehead atoms. The second kappa shape index (κ2) is 13.2. The van der Waals surface area contributed by atoms with Gasteiger partial charge in [0, 0.05) is 42.9 Å². The van der Waals surface area contributed by atoms with Crippen LogP contribution in [0.1, 0.15) is 37.8 Å². The lowest BCUT2D eigenvalue weighted by Crippen LogP contribution is -2.51. The summed E-state index contributed by atoms with van der Waals surface area (Å²) in [5.74, 6) is -0.236. The van der Waals surface area contributed by atoms with Crippen LogP contribution in [0.4, 0.5) is 5.69 Å². The molecule has 0 spiro atoms. The number of carbonyl (C=O) groups is 2. The van der Waals surface area contributed by atoms with Crippen molar-refractivity contribution in [1.82, 2.24) is 10.2 Å². The van der Waals surface area contributed by atoms with Gasteiger partial charge in [0.25, 0.3) is 10.0 Å². The number of rotatable bonds is 12. The third kappa shape index (κ3) is 6.71. The molecule has 1 heterocycles. The first-order valence-electron chi connectivity index (χ1n) is 14.6. The molecule has 9 heteroatoms. The van der Waals surface area contributed by atoms with E-state index in [2.05, 4.69) is 5.32 Å². The van der Waals surface area contributed by atoms with E-state index in [-0.39, 0.29) is 48.6 Å². The molecule has 0 fully saturated rings. The van der Waals surface area contributed by atoms with Gasteiger partial charge in [-0.25, -0.2) is 8.42 Å². The standard InChI is InChI=1S/C34H36ClN3O4S/c1-24(2)22-36-34(40)30(21-25-11-4-3-5-12-25)37(23-27-13-6-7-16-28(27)35)32(39)19-10-20-38-29-17-8-14-26-15-9-18-31(33(26)29)43(38,41)42/h3-9,11-18,24,30H,10,19-23H2,1-2H3,(H,36,40)/t30-/m1/s1. The van der Waals surface area contributed by atoms with E-state index in [9.17, 15) is 18.0 Å². The van der Waals surface area contributed by atoms with Gasteiger partial charge in [-0.3, -0.25) is 13.9 Å². The van der Waals surface area contributed by atoms with E-state index in [4.69, 9.17) is 11.6 Å². The van der Waals surface area contributed by atoms with Crippen LogP contribution in [0.5, 0.6) is 0 Å². The molecule has 224 valence electrons. The highest BCUT2D eigenvalue weighted by atomic mass is 35.5. The Morgan fingerprint density at radius 1 is 0.907 bits per heavy atom. The maximum atomic E-state index is 14.0. The summed E-state index contributed by atoms with van der Waals surface area (Å²) >= 11 is 6.51. The van der Waals surface area contributed by atoms with Crippen molar-refractivity contribution in [1.29, 1.82) is 0 Å². The van der Waals surface area contributed by atoms with Crippen LogP contribution in [0.3, 0.4) is 0 Å². The van der Waals surface area contributed by atoms with Crippen LogP contribution in [0.2, 0.25) is 5.02 Å². The van der Waals surface area contributed by atoms with Crippen LogP contribution >= 0.6 is 11.6 Å². The number of carbonyl (C=O) groups excluding carboxylic acids is 2. The molecule has 4 aromatic rings. The lowest BCUT2D eigenvalue weighted by Gasteiger charge is -2.32. The molecule has 43 heavy (non-hydrogen) atoms. The molecule has 1 N–H and O–H groups in total. The minimum atomic E-state index is -3.73. The number of hydrogen-bond donors (Lipinski definition) is 1. The molecule has 2 amide bonds. The molecule has 0 saturated heterocycles. The summed E-state index contributed by atoms with van der Waals surface area (Å²) in [4.78, 5) is 29.5. The molecule has 0 radical (unpaired) electrons. The quantitative estimate of drug-likeness (QED) is 0.205. The van der Waals surface area contributed by atoms with Crippen LogP contribution in [-0.4, -0.2) is 44.3 Å². The normalized spacial score (nSPS) is 14.2. The maximum absolute atomic E-state index is 14.0. The predicted molar refractivity (Wildman–Crippen MR) is 171 cm³/mol. The summed E-state index contributed by atoms with van der Waals surface area (Å²) in [6.45, 7) is 4.81. The van der Waals surface area contributed by atoms with Crippen molar-refractivity contribution in [3.8, 4) is 0 Å². The Bertz CT molecular complexity index is 1720. The summed E-state index contributed by atoms with van der Waals surface area (Å²) in [6.07, 6.45) is 0.678. The van der Waals surface area contributed by atoms with E-state index in [1.165, 1.54) is 4.31 Å². The Morgan fingerprint density at radius 2 is 1.60 bits per heavy atom. The molecular weight excluding hydrogens is 582 g/mol. The van der Waals surface area contributed by atoms with Gasteiger partial charge >= 0.3 is 0 Å². The van der Waals surface area contributed by atoms with Gasteiger partial charge in [0.15, 0.2) is 0 Å². The Kier molecular flexibility index (Phi) is 9.37. The van der Waals surface area contributed by atoms with E-state index in [1.807, 2.05) is 80.6 Å². The number of nitrogens with one attached hydrogen (secondary N) is 1. The second-order valence-electron chi connectivity index (χ2n) is 11.3. The number of benzene rings is 4. The Balaban J connectivity index is 1.40.